The number of nitrogens with zero attached hydrogens (tertiary/aromatic N) is 7. The van der Waals surface area contributed by atoms with Crippen LogP contribution < -0.4 is 52.1 Å². The number of carbonyl (C=O) groups excluding carboxylic acids is 3. The van der Waals surface area contributed by atoms with E-state index in [-0.39, 0.29) is 68.9 Å². The number of hydrogen-bond acceptors (Lipinski definition) is 17. The number of pyridine rings is 3. The fourth-order valence-corrected chi connectivity index (χ4v) is 18.5. The highest BCUT2D eigenvalue weighted by Crippen LogP contribution is 2.39. The van der Waals surface area contributed by atoms with E-state index in [9.17, 15) is 28.8 Å². The summed E-state index contributed by atoms with van der Waals surface area (Å²) in [7, 11) is 10.5. The van der Waals surface area contributed by atoms with Gasteiger partial charge in [0.05, 0.1) is 33.0 Å². The molecule has 3 aliphatic heterocycles. The van der Waals surface area contributed by atoms with Crippen LogP contribution in [0.1, 0.15) is 242 Å². The average molecular weight is 1740 g/mol. The van der Waals surface area contributed by atoms with Crippen LogP contribution in [-0.2, 0) is 33.8 Å². The van der Waals surface area contributed by atoms with Crippen molar-refractivity contribution in [2.24, 2.45) is 5.92 Å². The average Bonchev–Trinajstić information content (AvgIpc) is 0.789. The number of likely N-dealkylation sites (N-methyl/N-ethyl adjacent to an activating group) is 1. The number of morpholine rings is 1. The number of unbranched alkanes of at least 4 members (excludes halogenated alkanes) is 1. The third-order valence-electron chi connectivity index (χ3n) is 26.2. The van der Waals surface area contributed by atoms with Gasteiger partial charge < -0.3 is 79.2 Å². The van der Waals surface area contributed by atoms with E-state index >= 15 is 0 Å². The number of aromatic amines is 3. The highest BCUT2D eigenvalue weighted by Gasteiger charge is 2.33. The molecule has 0 unspecified atom stereocenters. The molecule has 0 spiro atoms. The highest BCUT2D eigenvalue weighted by molar-refractivity contribution is 6.00. The molecule has 3 amide bonds. The number of piperidine rings is 1. The highest BCUT2D eigenvalue weighted by atomic mass is 16.5. The lowest BCUT2D eigenvalue weighted by Gasteiger charge is -2.41. The van der Waals surface area contributed by atoms with E-state index in [1.165, 1.54) is 12.8 Å². The summed E-state index contributed by atoms with van der Waals surface area (Å²) in [6.07, 6.45) is 15.3. The Morgan fingerprint density at radius 2 is 0.890 bits per heavy atom. The predicted octanol–water partition coefficient (Wildman–Crippen LogP) is 15.6. The molecule has 6 N–H and O–H groups in total. The molecule has 23 nitrogen and oxygen atoms in total. The number of carbonyl (C=O) groups is 3. The van der Waals surface area contributed by atoms with Crippen LogP contribution in [0.15, 0.2) is 93.2 Å². The van der Waals surface area contributed by atoms with Crippen LogP contribution in [0.3, 0.4) is 0 Å². The summed E-state index contributed by atoms with van der Waals surface area (Å²) in [6, 6.07) is 28.7. The van der Waals surface area contributed by atoms with E-state index < -0.39 is 0 Å². The molecule has 0 radical (unpaired) electrons. The standard InChI is InChI=1S/C36H50N4O3.C35H51N5O4.C31H42N4O3.2CH4/c1-8-10-19-43-31-17-11-27(12-18-31)28-21-32(35(41)37-23-33-24(3)20-25(4)38-36(33)42)26(5)34(22-28)40(9-2)30-15-13-29(14-16-30)39(6)7;1-7-40(30-12-10-29(11-13-30)38(5)15-18-43-6)33-23-28(9-8-14-39-16-19-44-20-17-39)22-31(27(33)4)34(41)36-24-32-25(2)21-26(3)37-35(32)42;1-6-35(26-11-15-38-16-12-26)29-19-25(8-7-24-9-13-34(5)14-10-24)18-27(23(29)4)30(36)32-20-28-21(2)17-22(3)33-31(28)37;;/h11-12,17-18,20-22,29-30H,8-10,13-16,19,23H2,1-7H3,(H,37,41)(H,38,42);21-23,29-30H,7,10-20,24H2,1-6H3,(H,36,41)(H,37,42);17-19,24,26H,6,9-16,20H2,1-5H3,(H,32,36)(H,33,37);2*1H4. The largest absolute Gasteiger partial charge is 0.494 e. The van der Waals surface area contributed by atoms with Gasteiger partial charge in [0.25, 0.3) is 34.4 Å². The predicted molar refractivity (Wildman–Crippen MR) is 520 cm³/mol. The van der Waals surface area contributed by atoms with Crippen LogP contribution >= 0.6 is 0 Å². The minimum atomic E-state index is -0.195. The van der Waals surface area contributed by atoms with Crippen molar-refractivity contribution >= 4 is 34.8 Å². The van der Waals surface area contributed by atoms with Crippen molar-refractivity contribution < 1.29 is 33.3 Å². The van der Waals surface area contributed by atoms with Crippen LogP contribution in [0, 0.1) is 91.9 Å². The lowest BCUT2D eigenvalue weighted by molar-refractivity contribution is 0.0443. The van der Waals surface area contributed by atoms with Crippen LogP contribution in [-0.4, -0.2) is 216 Å². The fourth-order valence-electron chi connectivity index (χ4n) is 18.5. The molecule has 12 rings (SSSR count). The van der Waals surface area contributed by atoms with E-state index in [0.717, 1.165) is 258 Å². The number of benzene rings is 4. The summed E-state index contributed by atoms with van der Waals surface area (Å²) < 4.78 is 22.3. The molecule has 5 fully saturated rings. The van der Waals surface area contributed by atoms with Crippen molar-refractivity contribution in [1.82, 2.24) is 50.5 Å². The van der Waals surface area contributed by atoms with Crippen LogP contribution in [0.2, 0.25) is 0 Å². The Balaban J connectivity index is 0.000000234. The Labute approximate surface area is 759 Å². The zero-order chi connectivity index (χ0) is 90.0. The lowest BCUT2D eigenvalue weighted by atomic mass is 9.88. The zero-order valence-electron chi connectivity index (χ0n) is 78.3. The Morgan fingerprint density at radius 1 is 0.480 bits per heavy atom. The Morgan fingerprint density at radius 3 is 1.31 bits per heavy atom. The van der Waals surface area contributed by atoms with Crippen molar-refractivity contribution in [3.63, 3.8) is 0 Å². The molecule has 4 aromatic carbocycles. The molecule has 2 saturated carbocycles. The maximum absolute atomic E-state index is 13.8. The minimum Gasteiger partial charge on any atom is -0.494 e. The van der Waals surface area contributed by atoms with Crippen molar-refractivity contribution in [2.75, 3.05) is 149 Å². The fraction of sp³-hybridized carbons (Fsp3) is 0.558. The van der Waals surface area contributed by atoms with Gasteiger partial charge in [0.2, 0.25) is 0 Å². The van der Waals surface area contributed by atoms with E-state index in [2.05, 4.69) is 182 Å². The topological polar surface area (TPSA) is 245 Å². The first-order chi connectivity index (χ1) is 60.1. The van der Waals surface area contributed by atoms with Crippen molar-refractivity contribution in [2.45, 2.75) is 245 Å². The number of aryl methyl sites for hydroxylation is 6. The molecule has 3 aromatic heterocycles. The summed E-state index contributed by atoms with van der Waals surface area (Å²) in [5.41, 5.74) is 18.0. The second kappa shape index (κ2) is 50.2. The van der Waals surface area contributed by atoms with Crippen molar-refractivity contribution in [1.29, 1.82) is 0 Å². The molecule has 127 heavy (non-hydrogen) atoms. The SMILES string of the molecule is C.C.CCCCOc1ccc(-c2cc(C(=O)NCc3c(C)cc(C)[nH]c3=O)c(C)c(N(CC)C3CCC(N(C)C)CC3)c2)cc1.CCN(c1cc(C#CC2CCN(C)CC2)cc(C(=O)NCc2c(C)cc(C)[nH]c2=O)c1C)C1CCOCC1.CCN(c1cc(C#CCN2CCOCC2)cc(C(=O)NCc2c(C)cc(C)[nH]c2=O)c1C)C1CCC(N(C)CCOC)CC1. The number of aromatic nitrogens is 3. The van der Waals surface area contributed by atoms with Crippen LogP contribution in [0.4, 0.5) is 17.1 Å². The lowest BCUT2D eigenvalue weighted by Crippen LogP contribution is -2.44. The molecule has 0 atom stereocenters. The maximum Gasteiger partial charge on any atom is 0.253 e. The number of hydrogen-bond donors (Lipinski definition) is 6. The maximum atomic E-state index is 13.8. The Kier molecular flexibility index (Phi) is 40.6. The monoisotopic (exact) mass is 1740 g/mol. The smallest absolute Gasteiger partial charge is 0.253 e. The molecular formula is C104H151N13O10. The van der Waals surface area contributed by atoms with E-state index in [4.69, 9.17) is 18.9 Å². The van der Waals surface area contributed by atoms with E-state index in [1.807, 2.05) is 104 Å². The summed E-state index contributed by atoms with van der Waals surface area (Å²) in [5.74, 6) is 14.3. The normalized spacial score (nSPS) is 17.4. The van der Waals surface area contributed by atoms with Crippen LogP contribution in [0.5, 0.6) is 5.75 Å². The van der Waals surface area contributed by atoms with Gasteiger partial charge in [0.1, 0.15) is 5.75 Å². The summed E-state index contributed by atoms with van der Waals surface area (Å²) in [5, 5.41) is 9.09. The molecule has 3 saturated heterocycles. The van der Waals surface area contributed by atoms with Gasteiger partial charge in [0, 0.05) is 194 Å². The molecule has 6 heterocycles. The Hall–Kier alpha value is -9.82. The third-order valence-corrected chi connectivity index (χ3v) is 26.2. The first kappa shape index (κ1) is 103. The second-order valence-electron chi connectivity index (χ2n) is 35.2. The summed E-state index contributed by atoms with van der Waals surface area (Å²) >= 11 is 0. The van der Waals surface area contributed by atoms with E-state index in [1.54, 1.807) is 7.11 Å². The first-order valence-corrected chi connectivity index (χ1v) is 45.9. The van der Waals surface area contributed by atoms with Gasteiger partial charge in [-0.15, -0.1) is 0 Å². The summed E-state index contributed by atoms with van der Waals surface area (Å²) in [4.78, 5) is 104. The first-order valence-electron chi connectivity index (χ1n) is 45.9. The zero-order valence-corrected chi connectivity index (χ0v) is 78.3. The molecule has 0 bridgehead atoms. The number of methoxy groups -OCH3 is 1. The number of nitrogens with one attached hydrogen (secondary N) is 6. The molecule has 7 aromatic rings. The van der Waals surface area contributed by atoms with Gasteiger partial charge in [-0.2, -0.15) is 0 Å². The molecular weight excluding hydrogens is 1590 g/mol. The second-order valence-corrected chi connectivity index (χ2v) is 35.2. The third kappa shape index (κ3) is 28.3. The quantitative estimate of drug-likeness (QED) is 0.0188. The molecule has 692 valence electrons. The van der Waals surface area contributed by atoms with Gasteiger partial charge in [0.15, 0.2) is 0 Å². The van der Waals surface area contributed by atoms with Gasteiger partial charge in [-0.3, -0.25) is 33.7 Å². The number of ether oxygens (including phenoxy) is 4. The van der Waals surface area contributed by atoms with E-state index in [0.29, 0.717) is 82.7 Å². The summed E-state index contributed by atoms with van der Waals surface area (Å²) in [6.45, 7) is 39.2. The van der Waals surface area contributed by atoms with Gasteiger partial charge in [-0.1, -0.05) is 64.0 Å². The van der Waals surface area contributed by atoms with Crippen molar-refractivity contribution in [3.8, 4) is 40.6 Å². The number of amides is 3. The number of H-pyrrole nitrogens is 3. The van der Waals surface area contributed by atoms with Gasteiger partial charge in [-0.25, -0.2) is 0 Å². The number of rotatable bonds is 29. The Bertz CT molecular complexity index is 5070. The molecule has 23 heteroatoms. The number of anilines is 3. The molecule has 2 aliphatic carbocycles. The molecule has 5 aliphatic rings. The van der Waals surface area contributed by atoms with Gasteiger partial charge in [-0.05, 0) is 319 Å². The number of likely N-dealkylation sites (tertiary alicyclic amines) is 1. The minimum absolute atomic E-state index is 0. The van der Waals surface area contributed by atoms with Crippen LogP contribution in [0.25, 0.3) is 11.1 Å². The van der Waals surface area contributed by atoms with Gasteiger partial charge >= 0.3 is 0 Å². The van der Waals surface area contributed by atoms with Crippen molar-refractivity contribution in [3.05, 3.63) is 205 Å².